The van der Waals surface area contributed by atoms with Crippen molar-refractivity contribution < 1.29 is 9.18 Å². The lowest BCUT2D eigenvalue weighted by Gasteiger charge is -2.08. The summed E-state index contributed by atoms with van der Waals surface area (Å²) in [4.78, 5) is 31.3. The number of rotatable bonds is 4. The number of halogens is 1. The molecule has 7 heteroatoms. The molecule has 0 aliphatic rings. The van der Waals surface area contributed by atoms with Crippen LogP contribution in [0.5, 0.6) is 0 Å². The predicted molar refractivity (Wildman–Crippen MR) is 118 cm³/mol. The number of nitrogens with zero attached hydrogens (tertiary/aromatic N) is 2. The highest BCUT2D eigenvalue weighted by atomic mass is 32.1. The van der Waals surface area contributed by atoms with Crippen LogP contribution >= 0.6 is 11.3 Å². The molecular weight excluding hydrogens is 401 g/mol. The lowest BCUT2D eigenvalue weighted by atomic mass is 10.1. The van der Waals surface area contributed by atoms with Gasteiger partial charge in [-0.05, 0) is 55.7 Å². The number of anilines is 1. The van der Waals surface area contributed by atoms with Crippen LogP contribution in [-0.4, -0.2) is 15.5 Å². The molecule has 2 aromatic carbocycles. The van der Waals surface area contributed by atoms with Crippen molar-refractivity contribution in [3.05, 3.63) is 92.1 Å². The standard InChI is InChI=1S/C23H20FN3O2S/c1-13-7-8-18(14(2)9-13)26-21(28)20-15(3)19-22(30-20)25-12-27(23(19)29)11-16-5-4-6-17(24)10-16/h4-10,12H,11H2,1-3H3,(H,26,28). The number of carbonyl (C=O) groups is 1. The number of fused-ring (bicyclic) bond motifs is 1. The molecule has 0 saturated carbocycles. The highest BCUT2D eigenvalue weighted by Crippen LogP contribution is 2.28. The molecule has 0 spiro atoms. The third kappa shape index (κ3) is 3.76. The number of benzene rings is 2. The van der Waals surface area contributed by atoms with Crippen molar-refractivity contribution in [3.8, 4) is 0 Å². The van der Waals surface area contributed by atoms with Gasteiger partial charge < -0.3 is 5.32 Å². The number of nitrogens with one attached hydrogen (secondary N) is 1. The molecular formula is C23H20FN3O2S. The fourth-order valence-electron chi connectivity index (χ4n) is 3.45. The summed E-state index contributed by atoms with van der Waals surface area (Å²) in [6, 6.07) is 11.9. The highest BCUT2D eigenvalue weighted by molar-refractivity contribution is 7.20. The average Bonchev–Trinajstić information content (AvgIpc) is 3.04. The summed E-state index contributed by atoms with van der Waals surface area (Å²) in [5.41, 5.74) is 3.84. The molecule has 0 bridgehead atoms. The summed E-state index contributed by atoms with van der Waals surface area (Å²) >= 11 is 1.20. The van der Waals surface area contributed by atoms with Crippen LogP contribution in [0.1, 0.15) is 31.9 Å². The minimum Gasteiger partial charge on any atom is -0.321 e. The summed E-state index contributed by atoms with van der Waals surface area (Å²) in [5, 5.41) is 3.35. The summed E-state index contributed by atoms with van der Waals surface area (Å²) < 4.78 is 14.9. The number of aryl methyl sites for hydroxylation is 3. The molecule has 1 N–H and O–H groups in total. The first-order valence-electron chi connectivity index (χ1n) is 9.45. The fourth-order valence-corrected chi connectivity index (χ4v) is 4.49. The van der Waals surface area contributed by atoms with E-state index < -0.39 is 0 Å². The number of thiophene rings is 1. The van der Waals surface area contributed by atoms with E-state index in [1.54, 1.807) is 19.1 Å². The first-order chi connectivity index (χ1) is 14.3. The zero-order valence-corrected chi connectivity index (χ0v) is 17.6. The minimum atomic E-state index is -0.355. The topological polar surface area (TPSA) is 64.0 Å². The van der Waals surface area contributed by atoms with Crippen molar-refractivity contribution in [3.63, 3.8) is 0 Å². The smallest absolute Gasteiger partial charge is 0.266 e. The lowest BCUT2D eigenvalue weighted by Crippen LogP contribution is -2.21. The van der Waals surface area contributed by atoms with Crippen molar-refractivity contribution in [2.75, 3.05) is 5.32 Å². The zero-order valence-electron chi connectivity index (χ0n) is 16.8. The molecule has 30 heavy (non-hydrogen) atoms. The van der Waals surface area contributed by atoms with Crippen molar-refractivity contribution in [2.24, 2.45) is 0 Å². The van der Waals surface area contributed by atoms with E-state index in [4.69, 9.17) is 0 Å². The maximum Gasteiger partial charge on any atom is 0.266 e. The Bertz CT molecular complexity index is 1340. The van der Waals surface area contributed by atoms with Gasteiger partial charge in [0, 0.05) is 5.69 Å². The van der Waals surface area contributed by atoms with Gasteiger partial charge in [-0.2, -0.15) is 0 Å². The fraction of sp³-hybridized carbons (Fsp3) is 0.174. The monoisotopic (exact) mass is 421 g/mol. The van der Waals surface area contributed by atoms with Gasteiger partial charge >= 0.3 is 0 Å². The van der Waals surface area contributed by atoms with Crippen molar-refractivity contribution in [1.29, 1.82) is 0 Å². The van der Waals surface area contributed by atoms with Gasteiger partial charge in [-0.3, -0.25) is 14.2 Å². The number of amides is 1. The van der Waals surface area contributed by atoms with Gasteiger partial charge in [0.2, 0.25) is 0 Å². The van der Waals surface area contributed by atoms with Gasteiger partial charge in [-0.15, -0.1) is 11.3 Å². The molecule has 2 heterocycles. The van der Waals surface area contributed by atoms with Crippen molar-refractivity contribution in [1.82, 2.24) is 9.55 Å². The number of hydrogen-bond donors (Lipinski definition) is 1. The largest absolute Gasteiger partial charge is 0.321 e. The van der Waals surface area contributed by atoms with Crippen LogP contribution in [0.4, 0.5) is 10.1 Å². The van der Waals surface area contributed by atoms with Crippen LogP contribution in [0.2, 0.25) is 0 Å². The lowest BCUT2D eigenvalue weighted by molar-refractivity contribution is 0.103. The number of aromatic nitrogens is 2. The van der Waals surface area contributed by atoms with E-state index in [1.807, 2.05) is 32.0 Å². The van der Waals surface area contributed by atoms with Crippen LogP contribution in [0, 0.1) is 26.6 Å². The molecule has 4 aromatic rings. The quantitative estimate of drug-likeness (QED) is 0.514. The summed E-state index contributed by atoms with van der Waals surface area (Å²) in [5.74, 6) is -0.620. The van der Waals surface area contributed by atoms with E-state index >= 15 is 0 Å². The van der Waals surface area contributed by atoms with Crippen LogP contribution in [-0.2, 0) is 6.54 Å². The number of carbonyl (C=O) groups excluding carboxylic acids is 1. The van der Waals surface area contributed by atoms with Crippen LogP contribution < -0.4 is 10.9 Å². The van der Waals surface area contributed by atoms with Gasteiger partial charge in [0.1, 0.15) is 10.6 Å². The predicted octanol–water partition coefficient (Wildman–Crippen LogP) is 4.82. The molecule has 0 aliphatic heterocycles. The van der Waals surface area contributed by atoms with Crippen LogP contribution in [0.3, 0.4) is 0 Å². The van der Waals surface area contributed by atoms with E-state index in [1.165, 1.54) is 34.4 Å². The molecule has 5 nitrogen and oxygen atoms in total. The Hall–Kier alpha value is -3.32. The van der Waals surface area contributed by atoms with Crippen LogP contribution in [0.25, 0.3) is 10.2 Å². The third-order valence-corrected chi connectivity index (χ3v) is 6.19. The maximum absolute atomic E-state index is 13.5. The molecule has 0 fully saturated rings. The Labute approximate surface area is 176 Å². The second-order valence-corrected chi connectivity index (χ2v) is 8.32. The van der Waals surface area contributed by atoms with Crippen molar-refractivity contribution in [2.45, 2.75) is 27.3 Å². The van der Waals surface area contributed by atoms with Gasteiger partial charge in [-0.1, -0.05) is 29.8 Å². The Balaban J connectivity index is 1.69. The van der Waals surface area contributed by atoms with Crippen molar-refractivity contribution >= 4 is 33.1 Å². The zero-order chi connectivity index (χ0) is 21.4. The first kappa shape index (κ1) is 20.0. The van der Waals surface area contributed by atoms with Gasteiger partial charge in [-0.25, -0.2) is 9.37 Å². The van der Waals surface area contributed by atoms with E-state index in [9.17, 15) is 14.0 Å². The Kier molecular flexibility index (Phi) is 5.22. The Morgan fingerprint density at radius 2 is 1.97 bits per heavy atom. The van der Waals surface area contributed by atoms with Gasteiger partial charge in [0.05, 0.1) is 23.1 Å². The molecule has 0 saturated heterocycles. The third-order valence-electron chi connectivity index (χ3n) is 5.00. The normalized spacial score (nSPS) is 11.1. The highest BCUT2D eigenvalue weighted by Gasteiger charge is 2.20. The molecule has 0 atom stereocenters. The maximum atomic E-state index is 13.5. The van der Waals surface area contributed by atoms with E-state index in [2.05, 4.69) is 10.3 Å². The summed E-state index contributed by atoms with van der Waals surface area (Å²) in [6.07, 6.45) is 1.44. The molecule has 4 rings (SSSR count). The summed E-state index contributed by atoms with van der Waals surface area (Å²) in [7, 11) is 0. The Morgan fingerprint density at radius 3 is 2.70 bits per heavy atom. The van der Waals surface area contributed by atoms with Gasteiger partial charge in [0.25, 0.3) is 11.5 Å². The molecule has 0 aliphatic carbocycles. The van der Waals surface area contributed by atoms with Crippen LogP contribution in [0.15, 0.2) is 53.6 Å². The average molecular weight is 421 g/mol. The second-order valence-electron chi connectivity index (χ2n) is 7.32. The first-order valence-corrected chi connectivity index (χ1v) is 10.3. The number of hydrogen-bond acceptors (Lipinski definition) is 4. The minimum absolute atomic E-state index is 0.207. The van der Waals surface area contributed by atoms with E-state index in [0.717, 1.165) is 16.8 Å². The molecule has 1 amide bonds. The molecule has 0 radical (unpaired) electrons. The second kappa shape index (κ2) is 7.84. The van der Waals surface area contributed by atoms with E-state index in [0.29, 0.717) is 26.2 Å². The van der Waals surface area contributed by atoms with Gasteiger partial charge in [0.15, 0.2) is 0 Å². The molecule has 2 aromatic heterocycles. The Morgan fingerprint density at radius 1 is 1.17 bits per heavy atom. The van der Waals surface area contributed by atoms with E-state index in [-0.39, 0.29) is 23.8 Å². The molecule has 0 unspecified atom stereocenters. The summed E-state index contributed by atoms with van der Waals surface area (Å²) in [6.45, 7) is 5.90. The molecule has 152 valence electrons. The SMILES string of the molecule is Cc1ccc(NC(=O)c2sc3ncn(Cc4cccc(F)c4)c(=O)c3c2C)c(C)c1.